The highest BCUT2D eigenvalue weighted by Gasteiger charge is 2.11. The monoisotopic (exact) mass is 240 g/mol. The van der Waals surface area contributed by atoms with Crippen LogP contribution in [0.1, 0.15) is 29.1 Å². The van der Waals surface area contributed by atoms with E-state index in [-0.39, 0.29) is 0 Å². The molecule has 1 unspecified atom stereocenters. The van der Waals surface area contributed by atoms with E-state index >= 15 is 0 Å². The van der Waals surface area contributed by atoms with Gasteiger partial charge in [0.1, 0.15) is 0 Å². The van der Waals surface area contributed by atoms with E-state index in [1.165, 1.54) is 21.9 Å². The first-order valence-corrected chi connectivity index (χ1v) is 7.06. The van der Waals surface area contributed by atoms with Crippen molar-refractivity contribution in [1.82, 2.24) is 5.32 Å². The number of hydrogen-bond donors (Lipinski definition) is 1. The summed E-state index contributed by atoms with van der Waals surface area (Å²) in [4.78, 5) is 7.24. The Balaban J connectivity index is 1.97. The van der Waals surface area contributed by atoms with Crippen LogP contribution >= 0.6 is 23.1 Å². The van der Waals surface area contributed by atoms with Crippen molar-refractivity contribution in [2.75, 3.05) is 12.3 Å². The van der Waals surface area contributed by atoms with Crippen LogP contribution in [-0.4, -0.2) is 17.5 Å². The number of thioether (sulfide) groups is 1. The van der Waals surface area contributed by atoms with Gasteiger partial charge in [0.25, 0.3) is 0 Å². The summed E-state index contributed by atoms with van der Waals surface area (Å²) in [5.74, 6) is 1.20. The Kier molecular flexibility index (Phi) is 3.70. The van der Waals surface area contributed by atoms with Gasteiger partial charge in [0, 0.05) is 22.1 Å². The Labute approximate surface area is 99.2 Å². The summed E-state index contributed by atoms with van der Waals surface area (Å²) in [5, 5.41) is 4.58. The molecule has 0 saturated carbocycles. The Morgan fingerprint density at radius 1 is 1.47 bits per heavy atom. The molecule has 0 radical (unpaired) electrons. The van der Waals surface area contributed by atoms with Crippen LogP contribution in [0.15, 0.2) is 17.1 Å². The van der Waals surface area contributed by atoms with Gasteiger partial charge in [-0.05, 0) is 32.4 Å². The van der Waals surface area contributed by atoms with Crippen LogP contribution < -0.4 is 5.32 Å². The van der Waals surface area contributed by atoms with Crippen LogP contribution in [-0.2, 0) is 0 Å². The summed E-state index contributed by atoms with van der Waals surface area (Å²) in [6.07, 6.45) is 1.21. The molecular weight excluding hydrogens is 224 g/mol. The number of rotatable bonds is 2. The van der Waals surface area contributed by atoms with Crippen molar-refractivity contribution in [3.8, 4) is 0 Å². The first-order chi connectivity index (χ1) is 7.25. The van der Waals surface area contributed by atoms with E-state index < -0.39 is 0 Å². The Bertz CT molecular complexity index is 357. The van der Waals surface area contributed by atoms with Crippen LogP contribution in [0.4, 0.5) is 0 Å². The number of aliphatic imine (C=N–C) groups is 1. The predicted octanol–water partition coefficient (Wildman–Crippen LogP) is 3.20. The maximum atomic E-state index is 4.47. The molecule has 1 aromatic heterocycles. The number of nitrogens with one attached hydrogen (secondary N) is 1. The van der Waals surface area contributed by atoms with Crippen LogP contribution in [0.3, 0.4) is 0 Å². The smallest absolute Gasteiger partial charge is 0.157 e. The minimum atomic E-state index is 0.382. The van der Waals surface area contributed by atoms with Crippen molar-refractivity contribution in [2.24, 2.45) is 4.99 Å². The summed E-state index contributed by atoms with van der Waals surface area (Å²) >= 11 is 3.69. The van der Waals surface area contributed by atoms with Gasteiger partial charge in [0.15, 0.2) is 5.17 Å². The van der Waals surface area contributed by atoms with Crippen molar-refractivity contribution >= 4 is 28.3 Å². The zero-order valence-corrected chi connectivity index (χ0v) is 10.8. The standard InChI is InChI=1S/C11H16N2S2/c1-8-4-5-10(15-8)9(2)13-11-12-6-3-7-14-11/h4-5,9H,3,6-7H2,1-2H3,(H,12,13). The molecule has 82 valence electrons. The molecule has 1 N–H and O–H groups in total. The Morgan fingerprint density at radius 2 is 2.33 bits per heavy atom. The zero-order chi connectivity index (χ0) is 10.7. The lowest BCUT2D eigenvalue weighted by atomic mass is 10.3. The number of hydrogen-bond acceptors (Lipinski definition) is 4. The van der Waals surface area contributed by atoms with Gasteiger partial charge >= 0.3 is 0 Å². The molecule has 0 aromatic carbocycles. The van der Waals surface area contributed by atoms with Gasteiger partial charge in [0.2, 0.25) is 0 Å². The molecule has 4 heteroatoms. The molecule has 1 aromatic rings. The summed E-state index contributed by atoms with van der Waals surface area (Å²) in [6, 6.07) is 4.76. The second-order valence-electron chi connectivity index (χ2n) is 3.70. The molecule has 0 spiro atoms. The van der Waals surface area contributed by atoms with E-state index in [4.69, 9.17) is 0 Å². The van der Waals surface area contributed by atoms with Crippen molar-refractivity contribution in [2.45, 2.75) is 26.3 Å². The zero-order valence-electron chi connectivity index (χ0n) is 9.12. The Hall–Kier alpha value is -0.480. The quantitative estimate of drug-likeness (QED) is 0.858. The summed E-state index contributed by atoms with van der Waals surface area (Å²) in [6.45, 7) is 5.32. The summed E-state index contributed by atoms with van der Waals surface area (Å²) in [7, 11) is 0. The number of amidine groups is 1. The molecule has 1 atom stereocenters. The largest absolute Gasteiger partial charge is 0.358 e. The van der Waals surface area contributed by atoms with E-state index in [0.29, 0.717) is 6.04 Å². The summed E-state index contributed by atoms with van der Waals surface area (Å²) < 4.78 is 0. The minimum Gasteiger partial charge on any atom is -0.358 e. The Morgan fingerprint density at radius 3 is 2.93 bits per heavy atom. The van der Waals surface area contributed by atoms with Crippen LogP contribution in [0.5, 0.6) is 0 Å². The van der Waals surface area contributed by atoms with Gasteiger partial charge in [0.05, 0.1) is 6.04 Å². The molecule has 1 aliphatic heterocycles. The molecular formula is C11H16N2S2. The van der Waals surface area contributed by atoms with Crippen molar-refractivity contribution in [3.05, 3.63) is 21.9 Å². The fourth-order valence-electron chi connectivity index (χ4n) is 1.49. The number of aryl methyl sites for hydroxylation is 1. The van der Waals surface area contributed by atoms with Gasteiger partial charge in [-0.3, -0.25) is 4.99 Å². The third kappa shape index (κ3) is 2.98. The van der Waals surface area contributed by atoms with E-state index in [2.05, 4.69) is 36.3 Å². The summed E-state index contributed by atoms with van der Waals surface area (Å²) in [5.41, 5.74) is 0. The maximum absolute atomic E-state index is 4.47. The van der Waals surface area contributed by atoms with Gasteiger partial charge in [-0.2, -0.15) is 0 Å². The molecule has 0 saturated heterocycles. The molecule has 0 fully saturated rings. The highest BCUT2D eigenvalue weighted by molar-refractivity contribution is 8.13. The third-order valence-electron chi connectivity index (χ3n) is 2.32. The fourth-order valence-corrected chi connectivity index (χ4v) is 3.28. The topological polar surface area (TPSA) is 24.4 Å². The second kappa shape index (κ2) is 5.03. The highest BCUT2D eigenvalue weighted by atomic mass is 32.2. The molecule has 15 heavy (non-hydrogen) atoms. The third-order valence-corrected chi connectivity index (χ3v) is 4.52. The molecule has 2 heterocycles. The van der Waals surface area contributed by atoms with Crippen LogP contribution in [0.25, 0.3) is 0 Å². The minimum absolute atomic E-state index is 0.382. The first kappa shape index (κ1) is 11.0. The number of thiophene rings is 1. The van der Waals surface area contributed by atoms with Crippen molar-refractivity contribution in [1.29, 1.82) is 0 Å². The fraction of sp³-hybridized carbons (Fsp3) is 0.545. The molecule has 1 aliphatic rings. The molecule has 2 nitrogen and oxygen atoms in total. The van der Waals surface area contributed by atoms with Gasteiger partial charge in [-0.25, -0.2) is 0 Å². The highest BCUT2D eigenvalue weighted by Crippen LogP contribution is 2.23. The first-order valence-electron chi connectivity index (χ1n) is 5.26. The van der Waals surface area contributed by atoms with E-state index in [9.17, 15) is 0 Å². The number of nitrogens with zero attached hydrogens (tertiary/aromatic N) is 1. The van der Waals surface area contributed by atoms with Crippen LogP contribution in [0, 0.1) is 6.92 Å². The maximum Gasteiger partial charge on any atom is 0.157 e. The van der Waals surface area contributed by atoms with E-state index in [1.54, 1.807) is 0 Å². The normalized spacial score (nSPS) is 18.4. The van der Waals surface area contributed by atoms with E-state index in [0.717, 1.165) is 11.7 Å². The average molecular weight is 240 g/mol. The van der Waals surface area contributed by atoms with Gasteiger partial charge in [-0.15, -0.1) is 11.3 Å². The predicted molar refractivity (Wildman–Crippen MR) is 70.0 cm³/mol. The second-order valence-corrected chi connectivity index (χ2v) is 6.11. The van der Waals surface area contributed by atoms with Crippen LogP contribution in [0.2, 0.25) is 0 Å². The lowest BCUT2D eigenvalue weighted by Gasteiger charge is -2.17. The van der Waals surface area contributed by atoms with E-state index in [1.807, 2.05) is 23.1 Å². The molecule has 0 bridgehead atoms. The van der Waals surface area contributed by atoms with Gasteiger partial charge in [-0.1, -0.05) is 11.8 Å². The van der Waals surface area contributed by atoms with Gasteiger partial charge < -0.3 is 5.32 Å². The molecule has 2 rings (SSSR count). The van der Waals surface area contributed by atoms with Crippen molar-refractivity contribution in [3.63, 3.8) is 0 Å². The average Bonchev–Trinajstić information content (AvgIpc) is 2.66. The molecule has 0 aliphatic carbocycles. The lowest BCUT2D eigenvalue weighted by molar-refractivity contribution is 0.732. The molecule has 0 amide bonds. The van der Waals surface area contributed by atoms with Crippen molar-refractivity contribution < 1.29 is 0 Å². The lowest BCUT2D eigenvalue weighted by Crippen LogP contribution is -2.26. The SMILES string of the molecule is Cc1ccc(C(C)NC2=NCCCS2)s1.